The van der Waals surface area contributed by atoms with Gasteiger partial charge in [0, 0.05) is 22.6 Å². The minimum absolute atomic E-state index is 0.0978. The first-order chi connectivity index (χ1) is 8.92. The van der Waals surface area contributed by atoms with Crippen LogP contribution in [-0.4, -0.2) is 5.11 Å². The van der Waals surface area contributed by atoms with Gasteiger partial charge in [-0.05, 0) is 25.1 Å². The monoisotopic (exact) mass is 282 g/mol. The molecular weight excluding hydrogens is 270 g/mol. The third kappa shape index (κ3) is 2.94. The fourth-order valence-electron chi connectivity index (χ4n) is 2.04. The summed E-state index contributed by atoms with van der Waals surface area (Å²) in [7, 11) is 0. The van der Waals surface area contributed by atoms with Gasteiger partial charge in [0.05, 0.1) is 5.60 Å². The minimum atomic E-state index is -1.53. The zero-order valence-electron chi connectivity index (χ0n) is 10.3. The molecule has 4 heteroatoms. The lowest BCUT2D eigenvalue weighted by atomic mass is 9.88. The summed E-state index contributed by atoms with van der Waals surface area (Å²) in [4.78, 5) is 0. The van der Waals surface area contributed by atoms with Crippen molar-refractivity contribution in [1.82, 2.24) is 0 Å². The van der Waals surface area contributed by atoms with E-state index in [1.54, 1.807) is 6.07 Å². The molecule has 0 amide bonds. The van der Waals surface area contributed by atoms with Gasteiger partial charge in [0.25, 0.3) is 0 Å². The fourth-order valence-corrected chi connectivity index (χ4v) is 2.27. The van der Waals surface area contributed by atoms with Crippen molar-refractivity contribution in [2.75, 3.05) is 0 Å². The summed E-state index contributed by atoms with van der Waals surface area (Å²) in [5.41, 5.74) is -1.23. The molecule has 0 radical (unpaired) electrons. The summed E-state index contributed by atoms with van der Waals surface area (Å²) in [5.74, 6) is -1.04. The van der Waals surface area contributed by atoms with Crippen molar-refractivity contribution in [3.63, 3.8) is 0 Å². The summed E-state index contributed by atoms with van der Waals surface area (Å²) in [5, 5.41) is 10.6. The van der Waals surface area contributed by atoms with Crippen LogP contribution in [0.25, 0.3) is 0 Å². The van der Waals surface area contributed by atoms with Gasteiger partial charge < -0.3 is 5.11 Å². The minimum Gasteiger partial charge on any atom is -0.385 e. The van der Waals surface area contributed by atoms with E-state index in [1.165, 1.54) is 43.3 Å². The van der Waals surface area contributed by atoms with Crippen molar-refractivity contribution >= 4 is 11.6 Å². The third-order valence-electron chi connectivity index (χ3n) is 3.04. The Bertz CT molecular complexity index is 576. The van der Waals surface area contributed by atoms with E-state index in [1.807, 2.05) is 0 Å². The molecular formula is C15H13ClF2O. The molecule has 19 heavy (non-hydrogen) atoms. The van der Waals surface area contributed by atoms with Crippen molar-refractivity contribution in [3.8, 4) is 0 Å². The summed E-state index contributed by atoms with van der Waals surface area (Å²) in [6.07, 6.45) is -0.0978. The highest BCUT2D eigenvalue weighted by atomic mass is 35.5. The topological polar surface area (TPSA) is 20.2 Å². The predicted octanol–water partition coefficient (Wildman–Crippen LogP) is 4.07. The standard InChI is InChI=1S/C15H13ClF2O/c1-15(19,11-5-2-3-7-14(11)18)9-10-12(16)6-4-8-13(10)17/h2-8,19H,9H2,1H3. The fraction of sp³-hybridized carbons (Fsp3) is 0.200. The van der Waals surface area contributed by atoms with Crippen LogP contribution in [0.2, 0.25) is 5.02 Å². The summed E-state index contributed by atoms with van der Waals surface area (Å²) < 4.78 is 27.4. The Balaban J connectivity index is 2.39. The van der Waals surface area contributed by atoms with E-state index in [4.69, 9.17) is 11.6 Å². The van der Waals surface area contributed by atoms with Gasteiger partial charge in [0.1, 0.15) is 11.6 Å². The summed E-state index contributed by atoms with van der Waals surface area (Å²) in [6, 6.07) is 10.2. The van der Waals surface area contributed by atoms with Crippen LogP contribution in [0.5, 0.6) is 0 Å². The van der Waals surface area contributed by atoms with Crippen LogP contribution in [0.3, 0.4) is 0 Å². The van der Waals surface area contributed by atoms with Crippen LogP contribution in [0.15, 0.2) is 42.5 Å². The van der Waals surface area contributed by atoms with Gasteiger partial charge in [-0.15, -0.1) is 0 Å². The van der Waals surface area contributed by atoms with Crippen LogP contribution >= 0.6 is 11.6 Å². The maximum absolute atomic E-state index is 13.7. The van der Waals surface area contributed by atoms with E-state index in [9.17, 15) is 13.9 Å². The Morgan fingerprint density at radius 2 is 1.68 bits per heavy atom. The third-order valence-corrected chi connectivity index (χ3v) is 3.39. The predicted molar refractivity (Wildman–Crippen MR) is 71.1 cm³/mol. The van der Waals surface area contributed by atoms with Crippen molar-refractivity contribution in [1.29, 1.82) is 0 Å². The van der Waals surface area contributed by atoms with Crippen LogP contribution in [0.1, 0.15) is 18.1 Å². The number of benzene rings is 2. The van der Waals surface area contributed by atoms with E-state index in [-0.39, 0.29) is 22.6 Å². The van der Waals surface area contributed by atoms with Crippen molar-refractivity contribution in [2.45, 2.75) is 18.9 Å². The zero-order chi connectivity index (χ0) is 14.0. The molecule has 1 atom stereocenters. The van der Waals surface area contributed by atoms with Crippen LogP contribution in [-0.2, 0) is 12.0 Å². The molecule has 0 aromatic heterocycles. The molecule has 0 bridgehead atoms. The lowest BCUT2D eigenvalue weighted by Crippen LogP contribution is -2.26. The van der Waals surface area contributed by atoms with Crippen LogP contribution < -0.4 is 0 Å². The van der Waals surface area contributed by atoms with Gasteiger partial charge in [-0.3, -0.25) is 0 Å². The second-order valence-corrected chi connectivity index (χ2v) is 5.04. The highest BCUT2D eigenvalue weighted by molar-refractivity contribution is 6.31. The molecule has 2 aromatic carbocycles. The van der Waals surface area contributed by atoms with Crippen molar-refractivity contribution in [2.24, 2.45) is 0 Å². The first-order valence-electron chi connectivity index (χ1n) is 5.82. The van der Waals surface area contributed by atoms with E-state index < -0.39 is 17.2 Å². The van der Waals surface area contributed by atoms with Gasteiger partial charge in [-0.25, -0.2) is 8.78 Å². The van der Waals surface area contributed by atoms with E-state index in [2.05, 4.69) is 0 Å². The smallest absolute Gasteiger partial charge is 0.129 e. The van der Waals surface area contributed by atoms with Crippen molar-refractivity contribution in [3.05, 3.63) is 70.2 Å². The highest BCUT2D eigenvalue weighted by Gasteiger charge is 2.28. The Morgan fingerprint density at radius 3 is 2.32 bits per heavy atom. The molecule has 0 spiro atoms. The van der Waals surface area contributed by atoms with Crippen LogP contribution in [0.4, 0.5) is 8.78 Å². The molecule has 0 heterocycles. The molecule has 2 rings (SSSR count). The molecule has 0 aliphatic rings. The maximum Gasteiger partial charge on any atom is 0.129 e. The van der Waals surface area contributed by atoms with Gasteiger partial charge >= 0.3 is 0 Å². The van der Waals surface area contributed by atoms with Crippen LogP contribution in [0, 0.1) is 11.6 Å². The zero-order valence-corrected chi connectivity index (χ0v) is 11.1. The van der Waals surface area contributed by atoms with Gasteiger partial charge in [0.15, 0.2) is 0 Å². The average molecular weight is 283 g/mol. The van der Waals surface area contributed by atoms with E-state index >= 15 is 0 Å². The van der Waals surface area contributed by atoms with Gasteiger partial charge in [0.2, 0.25) is 0 Å². The largest absolute Gasteiger partial charge is 0.385 e. The Hall–Kier alpha value is -1.45. The Labute approximate surface area is 115 Å². The number of rotatable bonds is 3. The number of aliphatic hydroxyl groups is 1. The van der Waals surface area contributed by atoms with E-state index in [0.29, 0.717) is 0 Å². The second kappa shape index (κ2) is 5.27. The summed E-state index contributed by atoms with van der Waals surface area (Å²) >= 11 is 5.92. The molecule has 2 aromatic rings. The molecule has 0 saturated carbocycles. The first kappa shape index (κ1) is 14.0. The average Bonchev–Trinajstić information content (AvgIpc) is 2.34. The summed E-state index contributed by atoms with van der Waals surface area (Å²) in [6.45, 7) is 1.44. The number of hydrogen-bond donors (Lipinski definition) is 1. The molecule has 0 fully saturated rings. The normalized spacial score (nSPS) is 14.2. The molecule has 0 saturated heterocycles. The highest BCUT2D eigenvalue weighted by Crippen LogP contribution is 2.31. The molecule has 0 aliphatic carbocycles. The molecule has 1 unspecified atom stereocenters. The molecule has 1 N–H and O–H groups in total. The molecule has 0 aliphatic heterocycles. The lowest BCUT2D eigenvalue weighted by Gasteiger charge is -2.25. The van der Waals surface area contributed by atoms with Gasteiger partial charge in [-0.1, -0.05) is 35.9 Å². The SMILES string of the molecule is CC(O)(Cc1c(F)cccc1Cl)c1ccccc1F. The van der Waals surface area contributed by atoms with Gasteiger partial charge in [-0.2, -0.15) is 0 Å². The quantitative estimate of drug-likeness (QED) is 0.900. The number of hydrogen-bond acceptors (Lipinski definition) is 1. The lowest BCUT2D eigenvalue weighted by molar-refractivity contribution is 0.0529. The second-order valence-electron chi connectivity index (χ2n) is 4.63. The Kier molecular flexibility index (Phi) is 3.88. The number of halogens is 3. The van der Waals surface area contributed by atoms with Crippen molar-refractivity contribution < 1.29 is 13.9 Å². The maximum atomic E-state index is 13.7. The Morgan fingerprint density at radius 1 is 1.05 bits per heavy atom. The van der Waals surface area contributed by atoms with E-state index in [0.717, 1.165) is 0 Å². The molecule has 100 valence electrons. The first-order valence-corrected chi connectivity index (χ1v) is 6.20. The molecule has 1 nitrogen and oxygen atoms in total.